The molecule has 0 saturated carbocycles. The molecule has 1 aromatic rings. The van der Waals surface area contributed by atoms with Crippen LogP contribution in [-0.2, 0) is 16.1 Å². The lowest BCUT2D eigenvalue weighted by Crippen LogP contribution is -2.28. The molecule has 0 aliphatic rings. The number of hydrogen-bond donors (Lipinski definition) is 1. The van der Waals surface area contributed by atoms with Gasteiger partial charge in [0.25, 0.3) is 0 Å². The monoisotopic (exact) mass is 266 g/mol. The average molecular weight is 266 g/mol. The van der Waals surface area contributed by atoms with Gasteiger partial charge in [0.1, 0.15) is 5.76 Å². The van der Waals surface area contributed by atoms with Crippen molar-refractivity contribution in [2.24, 2.45) is 0 Å². The van der Waals surface area contributed by atoms with Gasteiger partial charge in [0.2, 0.25) is 5.91 Å². The SMILES string of the molecule is C/C(C(=O)O)=C(\C)C(=O)N(C)Cc1c(C)noc1C. The molecule has 0 aliphatic carbocycles. The Balaban J connectivity index is 2.91. The van der Waals surface area contributed by atoms with E-state index in [9.17, 15) is 9.59 Å². The third-order valence-electron chi connectivity index (χ3n) is 3.13. The second-order valence-electron chi connectivity index (χ2n) is 4.52. The number of hydrogen-bond acceptors (Lipinski definition) is 4. The minimum atomic E-state index is -1.09. The number of likely N-dealkylation sites (N-methyl/N-ethyl adjacent to an activating group) is 1. The highest BCUT2D eigenvalue weighted by atomic mass is 16.5. The topological polar surface area (TPSA) is 83.6 Å². The maximum atomic E-state index is 12.1. The molecule has 0 fully saturated rings. The fourth-order valence-electron chi connectivity index (χ4n) is 1.64. The molecule has 6 nitrogen and oxygen atoms in total. The Morgan fingerprint density at radius 2 is 1.84 bits per heavy atom. The number of nitrogens with zero attached hydrogens (tertiary/aromatic N) is 2. The van der Waals surface area contributed by atoms with Gasteiger partial charge >= 0.3 is 5.97 Å². The molecular weight excluding hydrogens is 248 g/mol. The number of carbonyl (C=O) groups excluding carboxylic acids is 1. The first-order valence-electron chi connectivity index (χ1n) is 5.83. The molecule has 0 saturated heterocycles. The van der Waals surface area contributed by atoms with Crippen molar-refractivity contribution in [3.63, 3.8) is 0 Å². The van der Waals surface area contributed by atoms with Crippen LogP contribution in [0, 0.1) is 13.8 Å². The molecule has 0 unspecified atom stereocenters. The number of aliphatic carboxylic acids is 1. The van der Waals surface area contributed by atoms with Gasteiger partial charge in [-0.25, -0.2) is 4.79 Å². The summed E-state index contributed by atoms with van der Waals surface area (Å²) in [5.41, 5.74) is 1.85. The number of carboxylic acids is 1. The van der Waals surface area contributed by atoms with Gasteiger partial charge in [-0.1, -0.05) is 5.16 Å². The van der Waals surface area contributed by atoms with Crippen LogP contribution in [0.5, 0.6) is 0 Å². The van der Waals surface area contributed by atoms with E-state index in [1.807, 2.05) is 0 Å². The van der Waals surface area contributed by atoms with Gasteiger partial charge in [-0.2, -0.15) is 0 Å². The zero-order valence-electron chi connectivity index (χ0n) is 11.8. The molecule has 0 radical (unpaired) electrons. The second-order valence-corrected chi connectivity index (χ2v) is 4.52. The molecule has 104 valence electrons. The molecule has 1 heterocycles. The Morgan fingerprint density at radius 1 is 1.26 bits per heavy atom. The zero-order chi connectivity index (χ0) is 14.7. The highest BCUT2D eigenvalue weighted by Crippen LogP contribution is 2.16. The smallest absolute Gasteiger partial charge is 0.331 e. The summed E-state index contributed by atoms with van der Waals surface area (Å²) in [7, 11) is 1.62. The summed E-state index contributed by atoms with van der Waals surface area (Å²) in [6.07, 6.45) is 0. The fraction of sp³-hybridized carbons (Fsp3) is 0.462. The molecule has 1 rings (SSSR count). The number of carboxylic acid groups (broad SMARTS) is 1. The quantitative estimate of drug-likeness (QED) is 0.838. The molecule has 1 amide bonds. The third kappa shape index (κ3) is 3.21. The summed E-state index contributed by atoms with van der Waals surface area (Å²) in [6, 6.07) is 0. The highest BCUT2D eigenvalue weighted by Gasteiger charge is 2.19. The van der Waals surface area contributed by atoms with E-state index in [0.29, 0.717) is 12.3 Å². The fourth-order valence-corrected chi connectivity index (χ4v) is 1.64. The van der Waals surface area contributed by atoms with Crippen molar-refractivity contribution < 1.29 is 19.2 Å². The Bertz CT molecular complexity index is 523. The van der Waals surface area contributed by atoms with Crippen molar-refractivity contribution in [1.29, 1.82) is 0 Å². The maximum absolute atomic E-state index is 12.1. The number of amides is 1. The first kappa shape index (κ1) is 14.9. The Labute approximate surface area is 111 Å². The summed E-state index contributed by atoms with van der Waals surface area (Å²) < 4.78 is 5.03. The maximum Gasteiger partial charge on any atom is 0.331 e. The van der Waals surface area contributed by atoms with E-state index < -0.39 is 5.97 Å². The first-order valence-corrected chi connectivity index (χ1v) is 5.83. The summed E-state index contributed by atoms with van der Waals surface area (Å²) in [6.45, 7) is 6.84. The summed E-state index contributed by atoms with van der Waals surface area (Å²) in [5, 5.41) is 12.7. The van der Waals surface area contributed by atoms with Crippen LogP contribution >= 0.6 is 0 Å². The Hall–Kier alpha value is -2.11. The summed E-state index contributed by atoms with van der Waals surface area (Å²) >= 11 is 0. The Kier molecular flexibility index (Phi) is 4.47. The van der Waals surface area contributed by atoms with Crippen LogP contribution < -0.4 is 0 Å². The zero-order valence-corrected chi connectivity index (χ0v) is 11.8. The van der Waals surface area contributed by atoms with Crippen molar-refractivity contribution in [3.05, 3.63) is 28.2 Å². The van der Waals surface area contributed by atoms with E-state index in [1.54, 1.807) is 20.9 Å². The van der Waals surface area contributed by atoms with E-state index in [-0.39, 0.29) is 17.1 Å². The second kappa shape index (κ2) is 5.69. The van der Waals surface area contributed by atoms with Gasteiger partial charge in [-0.05, 0) is 27.7 Å². The summed E-state index contributed by atoms with van der Waals surface area (Å²) in [5.74, 6) is -0.745. The van der Waals surface area contributed by atoms with E-state index in [0.717, 1.165) is 11.3 Å². The molecule has 6 heteroatoms. The molecule has 0 bridgehead atoms. The molecule has 19 heavy (non-hydrogen) atoms. The minimum Gasteiger partial charge on any atom is -0.478 e. The number of aromatic nitrogens is 1. The lowest BCUT2D eigenvalue weighted by atomic mass is 10.1. The van der Waals surface area contributed by atoms with Gasteiger partial charge in [0.05, 0.1) is 12.2 Å². The van der Waals surface area contributed by atoms with Gasteiger partial charge in [-0.15, -0.1) is 0 Å². The Morgan fingerprint density at radius 3 is 2.26 bits per heavy atom. The predicted molar refractivity (Wildman–Crippen MR) is 68.5 cm³/mol. The lowest BCUT2D eigenvalue weighted by molar-refractivity contribution is -0.133. The number of rotatable bonds is 4. The van der Waals surface area contributed by atoms with Crippen LogP contribution in [0.1, 0.15) is 30.9 Å². The third-order valence-corrected chi connectivity index (χ3v) is 3.13. The molecule has 0 aliphatic heterocycles. The summed E-state index contributed by atoms with van der Waals surface area (Å²) in [4.78, 5) is 24.4. The molecule has 1 N–H and O–H groups in total. The highest BCUT2D eigenvalue weighted by molar-refractivity contribution is 6.01. The molecule has 0 aromatic carbocycles. The van der Waals surface area contributed by atoms with Crippen molar-refractivity contribution >= 4 is 11.9 Å². The van der Waals surface area contributed by atoms with Crippen LogP contribution in [0.4, 0.5) is 0 Å². The van der Waals surface area contributed by atoms with Gasteiger partial charge in [-0.3, -0.25) is 4.79 Å². The molecular formula is C13H18N2O4. The van der Waals surface area contributed by atoms with Gasteiger partial charge in [0.15, 0.2) is 0 Å². The van der Waals surface area contributed by atoms with E-state index in [2.05, 4.69) is 5.16 Å². The van der Waals surface area contributed by atoms with Gasteiger partial charge in [0, 0.05) is 23.8 Å². The van der Waals surface area contributed by atoms with Crippen LogP contribution in [0.25, 0.3) is 0 Å². The average Bonchev–Trinajstić information content (AvgIpc) is 2.67. The lowest BCUT2D eigenvalue weighted by Gasteiger charge is -2.18. The molecule has 0 spiro atoms. The number of aryl methyl sites for hydroxylation is 2. The largest absolute Gasteiger partial charge is 0.478 e. The van der Waals surface area contributed by atoms with E-state index in [4.69, 9.17) is 9.63 Å². The van der Waals surface area contributed by atoms with Crippen molar-refractivity contribution in [2.45, 2.75) is 34.2 Å². The van der Waals surface area contributed by atoms with Crippen molar-refractivity contribution in [2.75, 3.05) is 7.05 Å². The van der Waals surface area contributed by atoms with Crippen LogP contribution in [0.2, 0.25) is 0 Å². The van der Waals surface area contributed by atoms with Crippen LogP contribution in [0.3, 0.4) is 0 Å². The predicted octanol–water partition coefficient (Wildman–Crippen LogP) is 1.67. The minimum absolute atomic E-state index is 0.0515. The molecule has 0 atom stereocenters. The van der Waals surface area contributed by atoms with Crippen molar-refractivity contribution in [3.8, 4) is 0 Å². The molecule has 1 aromatic heterocycles. The standard InChI is InChI=1S/C13H18N2O4/c1-7(8(2)13(17)18)12(16)15(5)6-11-9(3)14-19-10(11)4/h6H2,1-5H3,(H,17,18)/b8-7-. The van der Waals surface area contributed by atoms with Crippen LogP contribution in [-0.4, -0.2) is 34.1 Å². The first-order chi connectivity index (χ1) is 8.75. The normalized spacial score (nSPS) is 12.1. The van der Waals surface area contributed by atoms with Crippen LogP contribution in [0.15, 0.2) is 15.7 Å². The van der Waals surface area contributed by atoms with E-state index >= 15 is 0 Å². The van der Waals surface area contributed by atoms with Gasteiger partial charge < -0.3 is 14.5 Å². The van der Waals surface area contributed by atoms with E-state index in [1.165, 1.54) is 18.7 Å². The number of carbonyl (C=O) groups is 2. The van der Waals surface area contributed by atoms with Crippen molar-refractivity contribution in [1.82, 2.24) is 10.1 Å².